The molecule has 3 N–H and O–H groups in total. The fourth-order valence-corrected chi connectivity index (χ4v) is 1.64. The van der Waals surface area contributed by atoms with E-state index in [1.165, 1.54) is 4.90 Å². The van der Waals surface area contributed by atoms with Crippen molar-refractivity contribution in [2.75, 3.05) is 13.1 Å². The number of nitrogens with zero attached hydrogens (tertiary/aromatic N) is 1. The zero-order chi connectivity index (χ0) is 15.7. The lowest BCUT2D eigenvalue weighted by Crippen LogP contribution is -2.49. The average Bonchev–Trinajstić information content (AvgIpc) is 2.33. The van der Waals surface area contributed by atoms with Crippen LogP contribution in [0.15, 0.2) is 0 Å². The molecule has 0 saturated carbocycles. The Hall–Kier alpha value is -1.79. The quantitative estimate of drug-likeness (QED) is 0.615. The van der Waals surface area contributed by atoms with Crippen LogP contribution in [-0.4, -0.2) is 53.1 Å². The number of amides is 3. The van der Waals surface area contributed by atoms with Crippen molar-refractivity contribution in [2.24, 2.45) is 0 Å². The molecule has 1 atom stereocenters. The third-order valence-corrected chi connectivity index (χ3v) is 2.69. The number of aliphatic carboxylic acids is 1. The standard InChI is InChI=1S/C13H25N3O4/c1-5-10(7-12(18)19)15-13(20)16(6-2)8-11(17)14-9(3)4/h9-10H,5-8H2,1-4H3,(H,14,17)(H,15,20)(H,18,19). The van der Waals surface area contributed by atoms with Crippen molar-refractivity contribution in [2.45, 2.75) is 52.6 Å². The van der Waals surface area contributed by atoms with E-state index in [4.69, 9.17) is 5.11 Å². The van der Waals surface area contributed by atoms with Crippen LogP contribution >= 0.6 is 0 Å². The summed E-state index contributed by atoms with van der Waals surface area (Å²) >= 11 is 0. The number of carboxylic acids is 1. The lowest BCUT2D eigenvalue weighted by Gasteiger charge is -2.24. The van der Waals surface area contributed by atoms with Gasteiger partial charge in [0.15, 0.2) is 0 Å². The Balaban J connectivity index is 4.45. The third-order valence-electron chi connectivity index (χ3n) is 2.69. The van der Waals surface area contributed by atoms with Gasteiger partial charge in [-0.15, -0.1) is 0 Å². The lowest BCUT2D eigenvalue weighted by atomic mass is 10.1. The Morgan fingerprint density at radius 1 is 1.15 bits per heavy atom. The smallest absolute Gasteiger partial charge is 0.318 e. The number of carbonyl (C=O) groups is 3. The first-order valence-electron chi connectivity index (χ1n) is 6.86. The number of carboxylic acid groups (broad SMARTS) is 1. The minimum atomic E-state index is -0.960. The van der Waals surface area contributed by atoms with E-state index in [0.717, 1.165) is 0 Å². The molecule has 116 valence electrons. The van der Waals surface area contributed by atoms with E-state index in [1.807, 2.05) is 13.8 Å². The van der Waals surface area contributed by atoms with Gasteiger partial charge >= 0.3 is 12.0 Å². The van der Waals surface area contributed by atoms with Gasteiger partial charge in [-0.3, -0.25) is 9.59 Å². The molecule has 0 aliphatic rings. The summed E-state index contributed by atoms with van der Waals surface area (Å²) in [5.41, 5.74) is 0. The minimum Gasteiger partial charge on any atom is -0.481 e. The second-order valence-electron chi connectivity index (χ2n) is 4.89. The van der Waals surface area contributed by atoms with Crippen LogP contribution in [-0.2, 0) is 9.59 Å². The zero-order valence-electron chi connectivity index (χ0n) is 12.6. The molecule has 0 saturated heterocycles. The molecular weight excluding hydrogens is 262 g/mol. The van der Waals surface area contributed by atoms with Gasteiger partial charge in [-0.2, -0.15) is 0 Å². The highest BCUT2D eigenvalue weighted by atomic mass is 16.4. The molecule has 1 unspecified atom stereocenters. The van der Waals surface area contributed by atoms with Crippen LogP contribution in [0.5, 0.6) is 0 Å². The molecule has 0 radical (unpaired) electrons. The van der Waals surface area contributed by atoms with Crippen molar-refractivity contribution in [1.82, 2.24) is 15.5 Å². The van der Waals surface area contributed by atoms with Crippen LogP contribution in [0.1, 0.15) is 40.5 Å². The van der Waals surface area contributed by atoms with E-state index in [1.54, 1.807) is 13.8 Å². The summed E-state index contributed by atoms with van der Waals surface area (Å²) in [5, 5.41) is 14.1. The molecule has 20 heavy (non-hydrogen) atoms. The first-order chi connectivity index (χ1) is 9.29. The minimum absolute atomic E-state index is 0.0136. The Kier molecular flexibility index (Phi) is 8.35. The van der Waals surface area contributed by atoms with Crippen LogP contribution < -0.4 is 10.6 Å². The predicted octanol–water partition coefficient (Wildman–Crippen LogP) is 0.796. The number of nitrogens with one attached hydrogen (secondary N) is 2. The zero-order valence-corrected chi connectivity index (χ0v) is 12.6. The molecule has 0 aromatic heterocycles. The van der Waals surface area contributed by atoms with Crippen LogP contribution in [0.3, 0.4) is 0 Å². The molecule has 7 heteroatoms. The molecule has 3 amide bonds. The largest absolute Gasteiger partial charge is 0.481 e. The van der Waals surface area contributed by atoms with E-state index in [0.29, 0.717) is 13.0 Å². The highest BCUT2D eigenvalue weighted by Crippen LogP contribution is 2.00. The summed E-state index contributed by atoms with van der Waals surface area (Å²) < 4.78 is 0. The highest BCUT2D eigenvalue weighted by molar-refractivity contribution is 5.84. The number of hydrogen-bond donors (Lipinski definition) is 3. The maximum Gasteiger partial charge on any atom is 0.318 e. The first kappa shape index (κ1) is 18.2. The monoisotopic (exact) mass is 287 g/mol. The molecule has 0 fully saturated rings. The topological polar surface area (TPSA) is 98.7 Å². The number of likely N-dealkylation sites (N-methyl/N-ethyl adjacent to an activating group) is 1. The summed E-state index contributed by atoms with van der Waals surface area (Å²) in [6.45, 7) is 7.59. The fourth-order valence-electron chi connectivity index (χ4n) is 1.64. The number of carbonyl (C=O) groups excluding carboxylic acids is 2. The first-order valence-corrected chi connectivity index (χ1v) is 6.86. The van der Waals surface area contributed by atoms with Crippen molar-refractivity contribution < 1.29 is 19.5 Å². The van der Waals surface area contributed by atoms with Crippen LogP contribution in [0, 0.1) is 0 Å². The van der Waals surface area contributed by atoms with Crippen molar-refractivity contribution in [3.8, 4) is 0 Å². The van der Waals surface area contributed by atoms with Crippen LogP contribution in [0.25, 0.3) is 0 Å². The summed E-state index contributed by atoms with van der Waals surface area (Å²) in [6, 6.07) is -0.832. The van der Waals surface area contributed by atoms with E-state index in [2.05, 4.69) is 10.6 Å². The Labute approximate surface area is 119 Å². The van der Waals surface area contributed by atoms with Gasteiger partial charge in [0.1, 0.15) is 6.54 Å². The molecule has 0 heterocycles. The van der Waals surface area contributed by atoms with Gasteiger partial charge in [0, 0.05) is 18.6 Å². The van der Waals surface area contributed by atoms with E-state index >= 15 is 0 Å². The van der Waals surface area contributed by atoms with Crippen LogP contribution in [0.2, 0.25) is 0 Å². The van der Waals surface area contributed by atoms with Gasteiger partial charge in [0.05, 0.1) is 6.42 Å². The molecule has 0 aliphatic carbocycles. The van der Waals surface area contributed by atoms with Gasteiger partial charge in [0.25, 0.3) is 0 Å². The molecule has 0 aromatic carbocycles. The molecular formula is C13H25N3O4. The Morgan fingerprint density at radius 3 is 2.15 bits per heavy atom. The highest BCUT2D eigenvalue weighted by Gasteiger charge is 2.20. The number of rotatable bonds is 8. The molecule has 0 bridgehead atoms. The molecule has 0 rings (SSSR count). The van der Waals surface area contributed by atoms with E-state index in [-0.39, 0.29) is 24.9 Å². The normalized spacial score (nSPS) is 11.8. The van der Waals surface area contributed by atoms with Gasteiger partial charge in [-0.1, -0.05) is 6.92 Å². The van der Waals surface area contributed by atoms with Gasteiger partial charge in [-0.05, 0) is 27.2 Å². The van der Waals surface area contributed by atoms with Crippen molar-refractivity contribution >= 4 is 17.9 Å². The van der Waals surface area contributed by atoms with Crippen molar-refractivity contribution in [1.29, 1.82) is 0 Å². The van der Waals surface area contributed by atoms with Crippen LogP contribution in [0.4, 0.5) is 4.79 Å². The lowest BCUT2D eigenvalue weighted by molar-refractivity contribution is -0.137. The Bertz CT molecular complexity index is 345. The van der Waals surface area contributed by atoms with Gasteiger partial charge in [-0.25, -0.2) is 4.79 Å². The number of urea groups is 1. The Morgan fingerprint density at radius 2 is 1.75 bits per heavy atom. The molecule has 0 aliphatic heterocycles. The van der Waals surface area contributed by atoms with E-state index < -0.39 is 18.0 Å². The summed E-state index contributed by atoms with van der Waals surface area (Å²) in [5.74, 6) is -1.19. The average molecular weight is 287 g/mol. The van der Waals surface area contributed by atoms with Gasteiger partial charge in [0.2, 0.25) is 5.91 Å². The van der Waals surface area contributed by atoms with Crippen molar-refractivity contribution in [3.05, 3.63) is 0 Å². The SMILES string of the molecule is CCC(CC(=O)O)NC(=O)N(CC)CC(=O)NC(C)C. The predicted molar refractivity (Wildman–Crippen MR) is 75.4 cm³/mol. The maximum atomic E-state index is 12.0. The van der Waals surface area contributed by atoms with Crippen molar-refractivity contribution in [3.63, 3.8) is 0 Å². The van der Waals surface area contributed by atoms with Gasteiger partial charge < -0.3 is 20.6 Å². The fraction of sp³-hybridized carbons (Fsp3) is 0.769. The molecule has 0 spiro atoms. The summed E-state index contributed by atoms with van der Waals surface area (Å²) in [4.78, 5) is 35.6. The summed E-state index contributed by atoms with van der Waals surface area (Å²) in [6.07, 6.45) is 0.395. The molecule has 0 aromatic rings. The second kappa shape index (κ2) is 9.17. The maximum absolute atomic E-state index is 12.0. The second-order valence-corrected chi connectivity index (χ2v) is 4.89. The number of hydrogen-bond acceptors (Lipinski definition) is 3. The summed E-state index contributed by atoms with van der Waals surface area (Å²) in [7, 11) is 0. The molecule has 7 nitrogen and oxygen atoms in total. The van der Waals surface area contributed by atoms with E-state index in [9.17, 15) is 14.4 Å². The third kappa shape index (κ3) is 7.60.